The lowest BCUT2D eigenvalue weighted by molar-refractivity contribution is 0.213. The van der Waals surface area contributed by atoms with Gasteiger partial charge < -0.3 is 30.3 Å². The molecule has 3 heterocycles. The van der Waals surface area contributed by atoms with Gasteiger partial charge in [-0.05, 0) is 31.1 Å². The molecule has 8 nitrogen and oxygen atoms in total. The van der Waals surface area contributed by atoms with Crippen LogP contribution in [-0.2, 0) is 0 Å². The van der Waals surface area contributed by atoms with Crippen molar-refractivity contribution in [2.24, 2.45) is 5.73 Å². The van der Waals surface area contributed by atoms with E-state index < -0.39 is 18.0 Å². The first-order valence-corrected chi connectivity index (χ1v) is 10.3. The molecule has 3 aromatic rings. The average Bonchev–Trinajstić information content (AvgIpc) is 3.21. The number of halogens is 2. The molecule has 0 saturated carbocycles. The van der Waals surface area contributed by atoms with Crippen LogP contribution >= 0.6 is 11.6 Å². The number of pyridine rings is 1. The van der Waals surface area contributed by atoms with Crippen LogP contribution in [0.1, 0.15) is 30.6 Å². The maximum Gasteiger partial charge on any atom is 0.315 e. The topological polar surface area (TPSA) is 117 Å². The predicted molar refractivity (Wildman–Crippen MR) is 119 cm³/mol. The van der Waals surface area contributed by atoms with Crippen LogP contribution in [0.2, 0.25) is 5.02 Å². The van der Waals surface area contributed by atoms with Gasteiger partial charge in [0.2, 0.25) is 5.75 Å². The van der Waals surface area contributed by atoms with Crippen LogP contribution in [0.3, 0.4) is 0 Å². The van der Waals surface area contributed by atoms with Crippen molar-refractivity contribution in [3.05, 3.63) is 52.6 Å². The third-order valence-electron chi connectivity index (χ3n) is 5.48. The summed E-state index contributed by atoms with van der Waals surface area (Å²) in [6.45, 7) is 2.62. The summed E-state index contributed by atoms with van der Waals surface area (Å²) in [5.74, 6) is 0.138. The van der Waals surface area contributed by atoms with Crippen molar-refractivity contribution in [2.45, 2.75) is 19.4 Å². The molecule has 0 unspecified atom stereocenters. The minimum absolute atomic E-state index is 0.0953. The van der Waals surface area contributed by atoms with Gasteiger partial charge in [0.1, 0.15) is 17.7 Å². The lowest BCUT2D eigenvalue weighted by atomic mass is 9.99. The fraction of sp³-hybridized carbons (Fsp3) is 0.273. The third kappa shape index (κ3) is 3.80. The van der Waals surface area contributed by atoms with Crippen molar-refractivity contribution >= 4 is 40.0 Å². The number of nitrogens with zero attached hydrogens (tertiary/aromatic N) is 2. The molecule has 32 heavy (non-hydrogen) atoms. The minimum atomic E-state index is -0.713. The molecule has 0 saturated heterocycles. The summed E-state index contributed by atoms with van der Waals surface area (Å²) in [4.78, 5) is 17.2. The van der Waals surface area contributed by atoms with E-state index in [0.29, 0.717) is 41.8 Å². The number of nitrogens with two attached hydrogens (primary N) is 2. The van der Waals surface area contributed by atoms with E-state index in [9.17, 15) is 9.18 Å². The van der Waals surface area contributed by atoms with Crippen molar-refractivity contribution < 1.29 is 23.1 Å². The summed E-state index contributed by atoms with van der Waals surface area (Å²) in [7, 11) is 1.46. The zero-order valence-corrected chi connectivity index (χ0v) is 18.3. The number of carbonyl (C=O) groups is 1. The quantitative estimate of drug-likeness (QED) is 0.578. The number of rotatable bonds is 5. The number of ether oxygens (including phenoxy) is 2. The third-order valence-corrected chi connectivity index (χ3v) is 5.87. The molecule has 0 radical (unpaired) electrons. The van der Waals surface area contributed by atoms with Crippen LogP contribution in [0.5, 0.6) is 11.5 Å². The Hall–Kier alpha value is -3.46. The Morgan fingerprint density at radius 2 is 2.19 bits per heavy atom. The lowest BCUT2D eigenvalue weighted by Gasteiger charge is -2.24. The predicted octanol–water partition coefficient (Wildman–Crippen LogP) is 4.52. The Balaban J connectivity index is 1.70. The van der Waals surface area contributed by atoms with E-state index in [4.69, 9.17) is 37.0 Å². The lowest BCUT2D eigenvalue weighted by Crippen LogP contribution is -2.38. The molecule has 4 rings (SSSR count). The molecule has 1 aromatic carbocycles. The highest BCUT2D eigenvalue weighted by Crippen LogP contribution is 2.41. The maximum absolute atomic E-state index is 14.1. The number of carbonyl (C=O) groups excluding carboxylic acids is 1. The average molecular weight is 461 g/mol. The van der Waals surface area contributed by atoms with E-state index in [-0.39, 0.29) is 16.6 Å². The van der Waals surface area contributed by atoms with Gasteiger partial charge in [-0.15, -0.1) is 0 Å². The standard InChI is InChI=1S/C22H22ClFN4O4/c1-11(17-16(30-2)4-3-15(24)18(17)23)32-20-19-13(9-27-21(20)25)14(10-31-19)12-5-7-28(8-6-12)22(26)29/h3-5,9-11H,6-8H2,1-2H3,(H2,25,27)(H2,26,29)/t11-/m1/s1. The summed E-state index contributed by atoms with van der Waals surface area (Å²) < 4.78 is 31.3. The highest BCUT2D eigenvalue weighted by Gasteiger charge is 2.25. The molecule has 0 bridgehead atoms. The number of amides is 2. The molecule has 168 valence electrons. The Kier molecular flexibility index (Phi) is 5.84. The molecular weight excluding hydrogens is 439 g/mol. The van der Waals surface area contributed by atoms with Crippen LogP contribution in [0, 0.1) is 5.82 Å². The van der Waals surface area contributed by atoms with Crippen LogP contribution < -0.4 is 20.9 Å². The number of urea groups is 1. The van der Waals surface area contributed by atoms with Gasteiger partial charge in [0.25, 0.3) is 0 Å². The molecule has 1 atom stereocenters. The van der Waals surface area contributed by atoms with Gasteiger partial charge >= 0.3 is 6.03 Å². The minimum Gasteiger partial charge on any atom is -0.496 e. The highest BCUT2D eigenvalue weighted by molar-refractivity contribution is 6.31. The number of primary amides is 1. The second kappa shape index (κ2) is 8.58. The number of anilines is 1. The normalized spacial score (nSPS) is 14.9. The molecule has 0 spiro atoms. The summed E-state index contributed by atoms with van der Waals surface area (Å²) in [5, 5.41) is 0.611. The Bertz CT molecular complexity index is 1230. The Labute approximate surface area is 188 Å². The van der Waals surface area contributed by atoms with Gasteiger partial charge in [-0.3, -0.25) is 0 Å². The number of benzene rings is 1. The molecule has 0 aliphatic carbocycles. The Morgan fingerprint density at radius 1 is 1.41 bits per heavy atom. The van der Waals surface area contributed by atoms with E-state index in [1.807, 2.05) is 6.08 Å². The summed E-state index contributed by atoms with van der Waals surface area (Å²) in [5.41, 5.74) is 14.0. The number of nitrogen functional groups attached to an aromatic ring is 1. The summed E-state index contributed by atoms with van der Waals surface area (Å²) >= 11 is 6.19. The number of methoxy groups -OCH3 is 1. The van der Waals surface area contributed by atoms with Crippen molar-refractivity contribution in [2.75, 3.05) is 25.9 Å². The van der Waals surface area contributed by atoms with Gasteiger partial charge in [-0.1, -0.05) is 17.7 Å². The van der Waals surface area contributed by atoms with E-state index in [1.165, 1.54) is 19.2 Å². The number of hydrogen-bond donors (Lipinski definition) is 2. The van der Waals surface area contributed by atoms with Crippen molar-refractivity contribution in [3.63, 3.8) is 0 Å². The van der Waals surface area contributed by atoms with Gasteiger partial charge in [0.15, 0.2) is 11.4 Å². The fourth-order valence-electron chi connectivity index (χ4n) is 3.80. The monoisotopic (exact) mass is 460 g/mol. The SMILES string of the molecule is COc1ccc(F)c(Cl)c1[C@@H](C)Oc1c(N)ncc2c(C3=CCN(C(N)=O)CC3)coc12. The number of hydrogen-bond acceptors (Lipinski definition) is 6. The molecule has 0 fully saturated rings. The second-order valence-electron chi connectivity index (χ2n) is 7.37. The molecule has 2 aromatic heterocycles. The summed E-state index contributed by atoms with van der Waals surface area (Å²) in [6.07, 6.45) is 5.04. The van der Waals surface area contributed by atoms with Crippen LogP contribution in [-0.4, -0.2) is 36.1 Å². The second-order valence-corrected chi connectivity index (χ2v) is 7.74. The van der Waals surface area contributed by atoms with Crippen molar-refractivity contribution in [3.8, 4) is 11.5 Å². The Morgan fingerprint density at radius 3 is 2.84 bits per heavy atom. The molecular formula is C22H22ClFN4O4. The largest absolute Gasteiger partial charge is 0.496 e. The van der Waals surface area contributed by atoms with Crippen LogP contribution in [0.25, 0.3) is 16.5 Å². The van der Waals surface area contributed by atoms with E-state index >= 15 is 0 Å². The summed E-state index contributed by atoms with van der Waals surface area (Å²) in [6, 6.07) is 2.25. The fourth-order valence-corrected chi connectivity index (χ4v) is 4.11. The van der Waals surface area contributed by atoms with Gasteiger partial charge in [-0.25, -0.2) is 14.2 Å². The van der Waals surface area contributed by atoms with Crippen LogP contribution in [0.15, 0.2) is 35.1 Å². The van der Waals surface area contributed by atoms with E-state index in [2.05, 4.69) is 4.98 Å². The van der Waals surface area contributed by atoms with Crippen molar-refractivity contribution in [1.82, 2.24) is 9.88 Å². The number of furan rings is 1. The first-order valence-electron chi connectivity index (χ1n) is 9.89. The maximum atomic E-state index is 14.1. The van der Waals surface area contributed by atoms with E-state index in [1.54, 1.807) is 24.3 Å². The molecule has 1 aliphatic heterocycles. The van der Waals surface area contributed by atoms with Crippen LogP contribution in [0.4, 0.5) is 15.0 Å². The smallest absolute Gasteiger partial charge is 0.315 e. The van der Waals surface area contributed by atoms with Gasteiger partial charge in [0, 0.05) is 24.8 Å². The highest BCUT2D eigenvalue weighted by atomic mass is 35.5. The van der Waals surface area contributed by atoms with E-state index in [0.717, 1.165) is 11.1 Å². The molecule has 4 N–H and O–H groups in total. The van der Waals surface area contributed by atoms with Gasteiger partial charge in [-0.2, -0.15) is 0 Å². The molecule has 10 heteroatoms. The number of fused-ring (bicyclic) bond motifs is 1. The first-order chi connectivity index (χ1) is 15.3. The zero-order valence-electron chi connectivity index (χ0n) is 17.5. The number of aromatic nitrogens is 1. The first kappa shape index (κ1) is 21.8. The molecule has 1 aliphatic rings. The zero-order chi connectivity index (χ0) is 23.0. The van der Waals surface area contributed by atoms with Gasteiger partial charge in [0.05, 0.1) is 29.3 Å². The van der Waals surface area contributed by atoms with Crippen molar-refractivity contribution in [1.29, 1.82) is 0 Å². The molecule has 2 amide bonds.